The van der Waals surface area contributed by atoms with E-state index in [2.05, 4.69) is 36.2 Å². The summed E-state index contributed by atoms with van der Waals surface area (Å²) in [6, 6.07) is 5.03. The quantitative estimate of drug-likeness (QED) is 0.544. The van der Waals surface area contributed by atoms with Gasteiger partial charge in [0.2, 0.25) is 5.95 Å². The van der Waals surface area contributed by atoms with Crippen LogP contribution in [-0.4, -0.2) is 43.2 Å². The van der Waals surface area contributed by atoms with Gasteiger partial charge in [-0.3, -0.25) is 9.36 Å². The molecule has 1 saturated carbocycles. The largest absolute Gasteiger partial charge is 0.480 e. The molecule has 4 heterocycles. The highest BCUT2D eigenvalue weighted by molar-refractivity contribution is 9.10. The Hall–Kier alpha value is -3.01. The summed E-state index contributed by atoms with van der Waals surface area (Å²) >= 11 is 3.38. The SMILES string of the molecule is O=C(O)C1CCCN1c1ccc(Nc2ncc3cc(Br)c(=O)n(C4CCCC4)c3n2)nc1. The van der Waals surface area contributed by atoms with Crippen molar-refractivity contribution in [2.24, 2.45) is 0 Å². The third-order valence-corrected chi connectivity index (χ3v) is 6.84. The van der Waals surface area contributed by atoms with Crippen molar-refractivity contribution in [2.45, 2.75) is 50.6 Å². The zero-order valence-corrected chi connectivity index (χ0v) is 19.0. The van der Waals surface area contributed by atoms with Crippen LogP contribution < -0.4 is 15.8 Å². The first kappa shape index (κ1) is 20.9. The molecule has 0 amide bonds. The molecular weight excluding hydrogens is 476 g/mol. The van der Waals surface area contributed by atoms with E-state index in [0.717, 1.165) is 43.2 Å². The summed E-state index contributed by atoms with van der Waals surface area (Å²) in [7, 11) is 0. The molecule has 3 aromatic heterocycles. The van der Waals surface area contributed by atoms with Crippen LogP contribution in [0.15, 0.2) is 39.9 Å². The second kappa shape index (κ2) is 8.50. The van der Waals surface area contributed by atoms with E-state index in [4.69, 9.17) is 0 Å². The molecule has 1 saturated heterocycles. The Bertz CT molecular complexity index is 1220. The summed E-state index contributed by atoms with van der Waals surface area (Å²) in [6.07, 6.45) is 9.01. The molecule has 5 rings (SSSR count). The van der Waals surface area contributed by atoms with Crippen LogP contribution in [0.4, 0.5) is 17.5 Å². The number of fused-ring (bicyclic) bond motifs is 1. The van der Waals surface area contributed by atoms with Crippen LogP contribution in [0.3, 0.4) is 0 Å². The van der Waals surface area contributed by atoms with Crippen molar-refractivity contribution in [1.82, 2.24) is 19.5 Å². The molecule has 1 unspecified atom stereocenters. The predicted octanol–water partition coefficient (Wildman–Crippen LogP) is 3.86. The standard InChI is InChI=1S/C22H23BrN6O3/c23-16-10-13-11-25-22(27-19(13)29(20(16)30)14-4-1-2-5-14)26-18-8-7-15(12-24-18)28-9-3-6-17(28)21(31)32/h7-8,10-12,14,17H,1-6,9H2,(H,31,32)(H,24,25,26,27). The number of nitrogens with one attached hydrogen (secondary N) is 1. The highest BCUT2D eigenvalue weighted by Gasteiger charge is 2.30. The summed E-state index contributed by atoms with van der Waals surface area (Å²) in [6.45, 7) is 0.702. The monoisotopic (exact) mass is 498 g/mol. The molecule has 2 N–H and O–H groups in total. The van der Waals surface area contributed by atoms with Crippen molar-refractivity contribution in [3.8, 4) is 0 Å². The number of aliphatic carboxylic acids is 1. The number of halogens is 1. The fourth-order valence-electron chi connectivity index (χ4n) is 4.72. The first-order chi connectivity index (χ1) is 15.5. The number of aromatic nitrogens is 4. The van der Waals surface area contributed by atoms with Crippen molar-refractivity contribution in [3.05, 3.63) is 45.4 Å². The first-order valence-electron chi connectivity index (χ1n) is 10.8. The van der Waals surface area contributed by atoms with Gasteiger partial charge in [0.15, 0.2) is 0 Å². The van der Waals surface area contributed by atoms with Gasteiger partial charge in [-0.05, 0) is 59.8 Å². The number of hydrogen-bond acceptors (Lipinski definition) is 7. The molecule has 0 bridgehead atoms. The molecule has 3 aromatic rings. The summed E-state index contributed by atoms with van der Waals surface area (Å²) in [5.74, 6) is 0.0936. The van der Waals surface area contributed by atoms with Gasteiger partial charge in [-0.25, -0.2) is 14.8 Å². The molecule has 1 aliphatic heterocycles. The topological polar surface area (TPSA) is 113 Å². The summed E-state index contributed by atoms with van der Waals surface area (Å²) in [5, 5.41) is 13.3. The molecule has 32 heavy (non-hydrogen) atoms. The Balaban J connectivity index is 1.43. The molecule has 1 atom stereocenters. The molecule has 2 aliphatic rings. The highest BCUT2D eigenvalue weighted by Crippen LogP contribution is 2.31. The van der Waals surface area contributed by atoms with E-state index in [9.17, 15) is 14.7 Å². The van der Waals surface area contributed by atoms with E-state index < -0.39 is 12.0 Å². The molecule has 0 radical (unpaired) electrons. The normalized spacial score (nSPS) is 19.0. The molecule has 1 aliphatic carbocycles. The van der Waals surface area contributed by atoms with Crippen LogP contribution in [0.2, 0.25) is 0 Å². The van der Waals surface area contributed by atoms with Gasteiger partial charge in [0.1, 0.15) is 17.5 Å². The van der Waals surface area contributed by atoms with Crippen LogP contribution in [0.25, 0.3) is 11.0 Å². The zero-order valence-electron chi connectivity index (χ0n) is 17.4. The molecule has 2 fully saturated rings. The van der Waals surface area contributed by atoms with E-state index in [1.807, 2.05) is 11.0 Å². The fourth-order valence-corrected chi connectivity index (χ4v) is 5.16. The van der Waals surface area contributed by atoms with Gasteiger partial charge in [-0.1, -0.05) is 12.8 Å². The Morgan fingerprint density at radius 2 is 1.94 bits per heavy atom. The lowest BCUT2D eigenvalue weighted by atomic mass is 10.2. The maximum absolute atomic E-state index is 12.9. The van der Waals surface area contributed by atoms with Crippen LogP contribution in [0, 0.1) is 0 Å². The molecule has 166 valence electrons. The first-order valence-corrected chi connectivity index (χ1v) is 11.6. The lowest BCUT2D eigenvalue weighted by Crippen LogP contribution is -2.35. The van der Waals surface area contributed by atoms with Crippen molar-refractivity contribution in [1.29, 1.82) is 0 Å². The van der Waals surface area contributed by atoms with Gasteiger partial charge in [-0.2, -0.15) is 4.98 Å². The Morgan fingerprint density at radius 1 is 1.12 bits per heavy atom. The maximum Gasteiger partial charge on any atom is 0.326 e. The summed E-state index contributed by atoms with van der Waals surface area (Å²) in [5.41, 5.74) is 1.32. The lowest BCUT2D eigenvalue weighted by Gasteiger charge is -2.23. The number of anilines is 3. The van der Waals surface area contributed by atoms with E-state index in [1.165, 1.54) is 0 Å². The highest BCUT2D eigenvalue weighted by atomic mass is 79.9. The number of hydrogen-bond donors (Lipinski definition) is 2. The minimum Gasteiger partial charge on any atom is -0.480 e. The van der Waals surface area contributed by atoms with Gasteiger partial charge in [0.25, 0.3) is 5.56 Å². The fraction of sp³-hybridized carbons (Fsp3) is 0.409. The minimum atomic E-state index is -0.811. The number of nitrogens with zero attached hydrogens (tertiary/aromatic N) is 5. The van der Waals surface area contributed by atoms with Gasteiger partial charge in [-0.15, -0.1) is 0 Å². The lowest BCUT2D eigenvalue weighted by molar-refractivity contribution is -0.138. The third-order valence-electron chi connectivity index (χ3n) is 6.28. The Morgan fingerprint density at radius 3 is 2.66 bits per heavy atom. The number of pyridine rings is 2. The van der Waals surface area contributed by atoms with Crippen molar-refractivity contribution >= 4 is 50.4 Å². The minimum absolute atomic E-state index is 0.0740. The molecular formula is C22H23BrN6O3. The average Bonchev–Trinajstić information content (AvgIpc) is 3.48. The second-order valence-electron chi connectivity index (χ2n) is 8.29. The molecule has 9 nitrogen and oxygen atoms in total. The predicted molar refractivity (Wildman–Crippen MR) is 125 cm³/mol. The van der Waals surface area contributed by atoms with Crippen molar-refractivity contribution < 1.29 is 9.90 Å². The zero-order chi connectivity index (χ0) is 22.2. The van der Waals surface area contributed by atoms with Crippen LogP contribution >= 0.6 is 15.9 Å². The van der Waals surface area contributed by atoms with Gasteiger partial charge >= 0.3 is 5.97 Å². The third kappa shape index (κ3) is 3.83. The van der Waals surface area contributed by atoms with Crippen molar-refractivity contribution in [2.75, 3.05) is 16.8 Å². The summed E-state index contributed by atoms with van der Waals surface area (Å²) in [4.78, 5) is 39.6. The smallest absolute Gasteiger partial charge is 0.326 e. The van der Waals surface area contributed by atoms with E-state index >= 15 is 0 Å². The Labute approximate surface area is 192 Å². The van der Waals surface area contributed by atoms with E-state index in [0.29, 0.717) is 34.9 Å². The van der Waals surface area contributed by atoms with Gasteiger partial charge in [0.05, 0.1) is 16.4 Å². The number of carboxylic acids is 1. The van der Waals surface area contributed by atoms with Crippen LogP contribution in [0.5, 0.6) is 0 Å². The molecule has 10 heteroatoms. The molecule has 0 aromatic carbocycles. The van der Waals surface area contributed by atoms with E-state index in [-0.39, 0.29) is 11.6 Å². The van der Waals surface area contributed by atoms with Crippen molar-refractivity contribution in [3.63, 3.8) is 0 Å². The van der Waals surface area contributed by atoms with Crippen LogP contribution in [-0.2, 0) is 4.79 Å². The maximum atomic E-state index is 12.9. The van der Waals surface area contributed by atoms with Crippen LogP contribution in [0.1, 0.15) is 44.6 Å². The van der Waals surface area contributed by atoms with Gasteiger partial charge < -0.3 is 15.3 Å². The second-order valence-corrected chi connectivity index (χ2v) is 9.15. The number of carboxylic acid groups (broad SMARTS) is 1. The molecule has 0 spiro atoms. The Kier molecular flexibility index (Phi) is 5.54. The average molecular weight is 499 g/mol. The number of rotatable bonds is 5. The summed E-state index contributed by atoms with van der Waals surface area (Å²) < 4.78 is 2.30. The van der Waals surface area contributed by atoms with E-state index in [1.54, 1.807) is 29.1 Å². The van der Waals surface area contributed by atoms with Gasteiger partial charge in [0, 0.05) is 24.2 Å². The number of carbonyl (C=O) groups is 1.